The summed E-state index contributed by atoms with van der Waals surface area (Å²) in [6, 6.07) is 1.49. The Hall–Kier alpha value is -2.09. The lowest BCUT2D eigenvalue weighted by Crippen LogP contribution is -2.36. The Morgan fingerprint density at radius 3 is 2.68 bits per heavy atom. The highest BCUT2D eigenvalue weighted by atomic mass is 16.6. The van der Waals surface area contributed by atoms with Gasteiger partial charge in [0.15, 0.2) is 0 Å². The lowest BCUT2D eigenvalue weighted by atomic mass is 10.2. The van der Waals surface area contributed by atoms with Crippen molar-refractivity contribution in [1.82, 2.24) is 14.7 Å². The highest BCUT2D eigenvalue weighted by Gasteiger charge is 2.19. The number of nitrogens with zero attached hydrogens (tertiary/aromatic N) is 3. The summed E-state index contributed by atoms with van der Waals surface area (Å²) in [6.07, 6.45) is 2.16. The van der Waals surface area contributed by atoms with Crippen LogP contribution in [0.3, 0.4) is 0 Å². The minimum absolute atomic E-state index is 0.189. The predicted molar refractivity (Wildman–Crippen MR) is 97.0 cm³/mol. The largest absolute Gasteiger partial charge is 0.444 e. The van der Waals surface area contributed by atoms with Gasteiger partial charge in [-0.2, -0.15) is 5.10 Å². The molecule has 1 aromatic rings. The molecule has 1 heterocycles. The number of rotatable bonds is 9. The summed E-state index contributed by atoms with van der Waals surface area (Å²) in [4.78, 5) is 25.3. The van der Waals surface area contributed by atoms with Gasteiger partial charge >= 0.3 is 6.09 Å². The van der Waals surface area contributed by atoms with E-state index < -0.39 is 5.60 Å². The monoisotopic (exact) mass is 354 g/mol. The number of amides is 1. The summed E-state index contributed by atoms with van der Waals surface area (Å²) in [5, 5.41) is 7.19. The van der Waals surface area contributed by atoms with Crippen LogP contribution < -0.4 is 10.9 Å². The van der Waals surface area contributed by atoms with E-state index in [0.717, 1.165) is 6.42 Å². The van der Waals surface area contributed by atoms with E-state index in [0.29, 0.717) is 38.5 Å². The van der Waals surface area contributed by atoms with Gasteiger partial charge in [0.05, 0.1) is 25.0 Å². The molecule has 8 heteroatoms. The van der Waals surface area contributed by atoms with Crippen LogP contribution in [0.4, 0.5) is 10.5 Å². The van der Waals surface area contributed by atoms with Crippen LogP contribution in [-0.2, 0) is 16.0 Å². The van der Waals surface area contributed by atoms with Crippen molar-refractivity contribution < 1.29 is 14.3 Å². The van der Waals surface area contributed by atoms with Gasteiger partial charge in [0.1, 0.15) is 5.60 Å². The van der Waals surface area contributed by atoms with Crippen LogP contribution >= 0.6 is 0 Å². The molecule has 0 fully saturated rings. The molecule has 0 unspecified atom stereocenters. The number of hydrogen-bond donors (Lipinski definition) is 1. The molecule has 8 nitrogen and oxygen atoms in total. The number of nitrogens with one attached hydrogen (secondary N) is 1. The van der Waals surface area contributed by atoms with E-state index in [2.05, 4.69) is 10.4 Å². The van der Waals surface area contributed by atoms with Gasteiger partial charge in [-0.3, -0.25) is 4.79 Å². The SMILES string of the molecule is CCCOCCn1ncc(NCCN(C)C(=O)OC(C)(C)C)cc1=O. The summed E-state index contributed by atoms with van der Waals surface area (Å²) in [7, 11) is 1.67. The number of carbonyl (C=O) groups excluding carboxylic acids is 1. The van der Waals surface area contributed by atoms with Gasteiger partial charge in [0, 0.05) is 32.8 Å². The van der Waals surface area contributed by atoms with Crippen LogP contribution in [0.1, 0.15) is 34.1 Å². The smallest absolute Gasteiger partial charge is 0.410 e. The molecule has 1 aromatic heterocycles. The van der Waals surface area contributed by atoms with Crippen LogP contribution in [0.15, 0.2) is 17.1 Å². The Kier molecular flexibility index (Phi) is 8.40. The van der Waals surface area contributed by atoms with Gasteiger partial charge in [-0.25, -0.2) is 9.48 Å². The normalized spacial score (nSPS) is 11.2. The average molecular weight is 354 g/mol. The molecule has 1 N–H and O–H groups in total. The van der Waals surface area contributed by atoms with Crippen LogP contribution in [0, 0.1) is 0 Å². The minimum Gasteiger partial charge on any atom is -0.444 e. The maximum Gasteiger partial charge on any atom is 0.410 e. The second kappa shape index (κ2) is 10.0. The fourth-order valence-electron chi connectivity index (χ4n) is 1.89. The van der Waals surface area contributed by atoms with Crippen LogP contribution in [0.25, 0.3) is 0 Å². The molecular formula is C17H30N4O4. The highest BCUT2D eigenvalue weighted by Crippen LogP contribution is 2.09. The molecule has 142 valence electrons. The molecule has 1 amide bonds. The molecule has 0 spiro atoms. The zero-order valence-corrected chi connectivity index (χ0v) is 15.9. The van der Waals surface area contributed by atoms with Crippen molar-refractivity contribution >= 4 is 11.8 Å². The molecule has 0 atom stereocenters. The van der Waals surface area contributed by atoms with E-state index >= 15 is 0 Å². The Morgan fingerprint density at radius 2 is 2.08 bits per heavy atom. The summed E-state index contributed by atoms with van der Waals surface area (Å²) in [5.41, 5.74) is -0.0902. The van der Waals surface area contributed by atoms with Gasteiger partial charge in [0.2, 0.25) is 0 Å². The lowest BCUT2D eigenvalue weighted by molar-refractivity contribution is 0.0305. The van der Waals surface area contributed by atoms with Crippen molar-refractivity contribution in [3.05, 3.63) is 22.6 Å². The molecule has 0 radical (unpaired) electrons. The van der Waals surface area contributed by atoms with Crippen molar-refractivity contribution in [2.24, 2.45) is 0 Å². The fourth-order valence-corrected chi connectivity index (χ4v) is 1.89. The molecule has 25 heavy (non-hydrogen) atoms. The topological polar surface area (TPSA) is 85.7 Å². The second-order valence-corrected chi connectivity index (χ2v) is 6.75. The van der Waals surface area contributed by atoms with Gasteiger partial charge in [-0.15, -0.1) is 0 Å². The minimum atomic E-state index is -0.520. The Balaban J connectivity index is 2.41. The van der Waals surface area contributed by atoms with E-state index in [4.69, 9.17) is 9.47 Å². The van der Waals surface area contributed by atoms with Gasteiger partial charge in [0.25, 0.3) is 5.56 Å². The first-order valence-corrected chi connectivity index (χ1v) is 8.56. The quantitative estimate of drug-likeness (QED) is 0.682. The van der Waals surface area contributed by atoms with Gasteiger partial charge in [-0.05, 0) is 27.2 Å². The maximum absolute atomic E-state index is 12.0. The maximum atomic E-state index is 12.0. The molecule has 0 aliphatic carbocycles. The fraction of sp³-hybridized carbons (Fsp3) is 0.706. The van der Waals surface area contributed by atoms with Crippen LogP contribution in [0.2, 0.25) is 0 Å². The molecule has 0 aromatic carbocycles. The predicted octanol–water partition coefficient (Wildman–Crippen LogP) is 1.95. The Morgan fingerprint density at radius 1 is 1.36 bits per heavy atom. The second-order valence-electron chi connectivity index (χ2n) is 6.75. The first-order valence-electron chi connectivity index (χ1n) is 8.56. The Bertz CT molecular complexity index is 595. The molecule has 0 saturated heterocycles. The van der Waals surface area contributed by atoms with Crippen molar-refractivity contribution in [1.29, 1.82) is 0 Å². The molecule has 0 aliphatic rings. The van der Waals surface area contributed by atoms with E-state index in [-0.39, 0.29) is 11.7 Å². The third-order valence-electron chi connectivity index (χ3n) is 3.15. The number of anilines is 1. The molecule has 0 aliphatic heterocycles. The van der Waals surface area contributed by atoms with Crippen LogP contribution in [0.5, 0.6) is 0 Å². The van der Waals surface area contributed by atoms with E-state index in [1.165, 1.54) is 15.6 Å². The van der Waals surface area contributed by atoms with E-state index in [1.807, 2.05) is 27.7 Å². The molecular weight excluding hydrogens is 324 g/mol. The third-order valence-corrected chi connectivity index (χ3v) is 3.15. The average Bonchev–Trinajstić information content (AvgIpc) is 2.51. The summed E-state index contributed by atoms with van der Waals surface area (Å²) in [5.74, 6) is 0. The number of carbonyl (C=O) groups is 1. The Labute approximate surface area is 149 Å². The summed E-state index contributed by atoms with van der Waals surface area (Å²) >= 11 is 0. The molecule has 0 bridgehead atoms. The van der Waals surface area contributed by atoms with Crippen molar-refractivity contribution in [2.75, 3.05) is 38.7 Å². The number of aromatic nitrogens is 2. The van der Waals surface area contributed by atoms with Gasteiger partial charge < -0.3 is 19.7 Å². The number of hydrogen-bond acceptors (Lipinski definition) is 6. The number of ether oxygens (including phenoxy) is 2. The van der Waals surface area contributed by atoms with E-state index in [9.17, 15) is 9.59 Å². The van der Waals surface area contributed by atoms with Crippen molar-refractivity contribution in [2.45, 2.75) is 46.3 Å². The van der Waals surface area contributed by atoms with Crippen LogP contribution in [-0.4, -0.2) is 59.7 Å². The summed E-state index contributed by atoms with van der Waals surface area (Å²) in [6.45, 7) is 10.0. The first-order chi connectivity index (χ1) is 11.7. The molecule has 0 saturated carbocycles. The highest BCUT2D eigenvalue weighted by molar-refractivity contribution is 5.67. The van der Waals surface area contributed by atoms with Crippen molar-refractivity contribution in [3.8, 4) is 0 Å². The lowest BCUT2D eigenvalue weighted by Gasteiger charge is -2.24. The summed E-state index contributed by atoms with van der Waals surface area (Å²) < 4.78 is 12.0. The van der Waals surface area contributed by atoms with Crippen molar-refractivity contribution in [3.63, 3.8) is 0 Å². The van der Waals surface area contributed by atoms with Gasteiger partial charge in [-0.1, -0.05) is 6.92 Å². The molecule has 1 rings (SSSR count). The van der Waals surface area contributed by atoms with E-state index in [1.54, 1.807) is 13.2 Å². The zero-order chi connectivity index (χ0) is 18.9. The third kappa shape index (κ3) is 8.53. The zero-order valence-electron chi connectivity index (χ0n) is 15.9. The first kappa shape index (κ1) is 21.0. The standard InChI is InChI=1S/C17H30N4O4/c1-6-10-24-11-9-21-15(22)12-14(13-19-21)18-7-8-20(5)16(23)25-17(2,3)4/h12-13,18H,6-11H2,1-5H3. The number of likely N-dealkylation sites (N-methyl/N-ethyl adjacent to an activating group) is 1.